The van der Waals surface area contributed by atoms with Crippen LogP contribution in [0.1, 0.15) is 207 Å². The SMILES string of the molecule is CC/C=C\C/C=C\C/C=C\CCCCCCCC(=O)OCC(COC(=O)CCCCCCC)OC(=O)CCCCCCCCCCCCCC. The number of unbranched alkanes of at least 4 members (excludes halogenated alkanes) is 20. The van der Waals surface area contributed by atoms with Gasteiger partial charge in [-0.05, 0) is 51.4 Å². The molecule has 0 aromatic rings. The molecule has 0 N–H and O–H groups in total. The molecule has 1 atom stereocenters. The van der Waals surface area contributed by atoms with Gasteiger partial charge in [0.05, 0.1) is 0 Å². The van der Waals surface area contributed by atoms with Crippen LogP contribution in [0.5, 0.6) is 0 Å². The van der Waals surface area contributed by atoms with Gasteiger partial charge >= 0.3 is 17.9 Å². The second kappa shape index (κ2) is 39.4. The summed E-state index contributed by atoms with van der Waals surface area (Å²) < 4.78 is 16.5. The number of ether oxygens (including phenoxy) is 3. The standard InChI is InChI=1S/C44H78O6/c1-4-7-10-13-15-17-19-21-22-23-25-26-28-31-34-37-43(46)49-40-41(39-48-42(45)36-33-30-12-9-6-3)50-44(47)38-35-32-29-27-24-20-18-16-14-11-8-5-2/h7,10,15,17,21-22,41H,4-6,8-9,11-14,16,18-20,23-40H2,1-3H3/b10-7-,17-15-,22-21-. The van der Waals surface area contributed by atoms with E-state index in [1.165, 1.54) is 64.2 Å². The fraction of sp³-hybridized carbons (Fsp3) is 0.795. The lowest BCUT2D eigenvalue weighted by atomic mass is 10.0. The summed E-state index contributed by atoms with van der Waals surface area (Å²) in [5, 5.41) is 0. The van der Waals surface area contributed by atoms with Crippen LogP contribution in [0.25, 0.3) is 0 Å². The number of allylic oxidation sites excluding steroid dienone is 6. The van der Waals surface area contributed by atoms with Crippen molar-refractivity contribution < 1.29 is 28.6 Å². The van der Waals surface area contributed by atoms with Gasteiger partial charge in [-0.1, -0.05) is 173 Å². The number of rotatable bonds is 37. The third-order valence-corrected chi connectivity index (χ3v) is 8.91. The predicted molar refractivity (Wildman–Crippen MR) is 210 cm³/mol. The minimum absolute atomic E-state index is 0.0771. The minimum atomic E-state index is -0.769. The van der Waals surface area contributed by atoms with Crippen LogP contribution < -0.4 is 0 Å². The number of hydrogen-bond acceptors (Lipinski definition) is 6. The fourth-order valence-electron chi connectivity index (χ4n) is 5.75. The topological polar surface area (TPSA) is 78.9 Å². The summed E-state index contributed by atoms with van der Waals surface area (Å²) in [5.74, 6) is -0.909. The first-order chi connectivity index (χ1) is 24.5. The van der Waals surface area contributed by atoms with Gasteiger partial charge in [-0.25, -0.2) is 0 Å². The average molecular weight is 703 g/mol. The maximum atomic E-state index is 12.6. The Morgan fingerprint density at radius 3 is 1.22 bits per heavy atom. The second-order valence-electron chi connectivity index (χ2n) is 13.9. The van der Waals surface area contributed by atoms with Crippen molar-refractivity contribution in [3.05, 3.63) is 36.5 Å². The highest BCUT2D eigenvalue weighted by atomic mass is 16.6. The molecule has 50 heavy (non-hydrogen) atoms. The zero-order valence-electron chi connectivity index (χ0n) is 32.9. The monoisotopic (exact) mass is 703 g/mol. The Morgan fingerprint density at radius 1 is 0.420 bits per heavy atom. The van der Waals surface area contributed by atoms with Gasteiger partial charge in [0.2, 0.25) is 0 Å². The molecule has 0 aliphatic carbocycles. The van der Waals surface area contributed by atoms with Crippen molar-refractivity contribution in [3.8, 4) is 0 Å². The average Bonchev–Trinajstić information content (AvgIpc) is 3.11. The van der Waals surface area contributed by atoms with Gasteiger partial charge in [-0.3, -0.25) is 14.4 Å². The molecule has 0 aliphatic heterocycles. The van der Waals surface area contributed by atoms with Crippen LogP contribution in [0.4, 0.5) is 0 Å². The zero-order valence-corrected chi connectivity index (χ0v) is 32.9. The van der Waals surface area contributed by atoms with Crippen molar-refractivity contribution in [1.82, 2.24) is 0 Å². The van der Waals surface area contributed by atoms with E-state index in [1.54, 1.807) is 0 Å². The molecule has 0 bridgehead atoms. The van der Waals surface area contributed by atoms with E-state index in [0.717, 1.165) is 103 Å². The van der Waals surface area contributed by atoms with Crippen molar-refractivity contribution in [2.24, 2.45) is 0 Å². The Hall–Kier alpha value is -2.37. The van der Waals surface area contributed by atoms with Crippen LogP contribution >= 0.6 is 0 Å². The highest BCUT2D eigenvalue weighted by Crippen LogP contribution is 2.14. The smallest absolute Gasteiger partial charge is 0.306 e. The van der Waals surface area contributed by atoms with Crippen molar-refractivity contribution >= 4 is 17.9 Å². The van der Waals surface area contributed by atoms with Gasteiger partial charge in [0.25, 0.3) is 0 Å². The summed E-state index contributed by atoms with van der Waals surface area (Å²) >= 11 is 0. The molecule has 0 fully saturated rings. The first-order valence-corrected chi connectivity index (χ1v) is 21.0. The van der Waals surface area contributed by atoms with E-state index in [1.807, 2.05) is 0 Å². The highest BCUT2D eigenvalue weighted by Gasteiger charge is 2.19. The predicted octanol–water partition coefficient (Wildman–Crippen LogP) is 13.0. The molecule has 6 heteroatoms. The first-order valence-electron chi connectivity index (χ1n) is 21.0. The van der Waals surface area contributed by atoms with Crippen LogP contribution in [-0.4, -0.2) is 37.2 Å². The molecule has 6 nitrogen and oxygen atoms in total. The lowest BCUT2D eigenvalue weighted by molar-refractivity contribution is -0.167. The molecule has 0 amide bonds. The molecule has 0 spiro atoms. The summed E-state index contributed by atoms with van der Waals surface area (Å²) in [6, 6.07) is 0. The van der Waals surface area contributed by atoms with E-state index >= 15 is 0 Å². The summed E-state index contributed by atoms with van der Waals surface area (Å²) in [6.07, 6.45) is 42.9. The highest BCUT2D eigenvalue weighted by molar-refractivity contribution is 5.71. The Kier molecular flexibility index (Phi) is 37.5. The normalized spacial score (nSPS) is 12.3. The first kappa shape index (κ1) is 47.6. The van der Waals surface area contributed by atoms with Gasteiger partial charge < -0.3 is 14.2 Å². The van der Waals surface area contributed by atoms with Crippen molar-refractivity contribution in [1.29, 1.82) is 0 Å². The number of carbonyl (C=O) groups excluding carboxylic acids is 3. The lowest BCUT2D eigenvalue weighted by Gasteiger charge is -2.18. The van der Waals surface area contributed by atoms with Gasteiger partial charge in [-0.2, -0.15) is 0 Å². The summed E-state index contributed by atoms with van der Waals surface area (Å²) in [7, 11) is 0. The Morgan fingerprint density at radius 2 is 0.780 bits per heavy atom. The third-order valence-electron chi connectivity index (χ3n) is 8.91. The Bertz CT molecular complexity index is 861. The van der Waals surface area contributed by atoms with E-state index in [-0.39, 0.29) is 31.1 Å². The molecule has 0 saturated carbocycles. The maximum Gasteiger partial charge on any atom is 0.306 e. The lowest BCUT2D eigenvalue weighted by Crippen LogP contribution is -2.30. The molecule has 0 heterocycles. The molecule has 290 valence electrons. The molecule has 0 aromatic carbocycles. The van der Waals surface area contributed by atoms with Crippen molar-refractivity contribution in [2.45, 2.75) is 213 Å². The molecule has 0 rings (SSSR count). The number of hydrogen-bond donors (Lipinski definition) is 0. The fourth-order valence-corrected chi connectivity index (χ4v) is 5.75. The molecule has 0 aliphatic rings. The zero-order chi connectivity index (χ0) is 36.6. The van der Waals surface area contributed by atoms with Crippen molar-refractivity contribution in [2.75, 3.05) is 13.2 Å². The quantitative estimate of drug-likeness (QED) is 0.0277. The van der Waals surface area contributed by atoms with E-state index in [2.05, 4.69) is 57.2 Å². The van der Waals surface area contributed by atoms with Crippen molar-refractivity contribution in [3.63, 3.8) is 0 Å². The van der Waals surface area contributed by atoms with Gasteiger partial charge in [0, 0.05) is 19.3 Å². The minimum Gasteiger partial charge on any atom is -0.462 e. The van der Waals surface area contributed by atoms with E-state index in [4.69, 9.17) is 14.2 Å². The van der Waals surface area contributed by atoms with Gasteiger partial charge in [0.15, 0.2) is 6.10 Å². The van der Waals surface area contributed by atoms with Gasteiger partial charge in [-0.15, -0.1) is 0 Å². The van der Waals surface area contributed by atoms with Crippen LogP contribution in [0.3, 0.4) is 0 Å². The molecule has 0 radical (unpaired) electrons. The van der Waals surface area contributed by atoms with Gasteiger partial charge in [0.1, 0.15) is 13.2 Å². The summed E-state index contributed by atoms with van der Waals surface area (Å²) in [6.45, 7) is 6.41. The molecular formula is C44H78O6. The van der Waals surface area contributed by atoms with Crippen LogP contribution in [0, 0.1) is 0 Å². The Labute approximate surface area is 308 Å². The van der Waals surface area contributed by atoms with Crippen LogP contribution in [0.2, 0.25) is 0 Å². The maximum absolute atomic E-state index is 12.6. The van der Waals surface area contributed by atoms with E-state index < -0.39 is 6.10 Å². The second-order valence-corrected chi connectivity index (χ2v) is 13.9. The van der Waals surface area contributed by atoms with Crippen LogP contribution in [-0.2, 0) is 28.6 Å². The molecule has 0 aromatic heterocycles. The molecular weight excluding hydrogens is 624 g/mol. The molecule has 0 saturated heterocycles. The largest absolute Gasteiger partial charge is 0.462 e. The number of esters is 3. The summed E-state index contributed by atoms with van der Waals surface area (Å²) in [4.78, 5) is 37.3. The number of carbonyl (C=O) groups is 3. The van der Waals surface area contributed by atoms with E-state index in [0.29, 0.717) is 19.3 Å². The summed E-state index contributed by atoms with van der Waals surface area (Å²) in [5.41, 5.74) is 0. The Balaban J connectivity index is 4.27. The molecule has 1 unspecified atom stereocenters. The third kappa shape index (κ3) is 36.9. The van der Waals surface area contributed by atoms with Crippen LogP contribution in [0.15, 0.2) is 36.5 Å². The van der Waals surface area contributed by atoms with E-state index in [9.17, 15) is 14.4 Å².